The number of hydrogen-bond donors (Lipinski definition) is 2. The molecule has 7 nitrogen and oxygen atoms in total. The van der Waals surface area contributed by atoms with Crippen LogP contribution in [0.2, 0.25) is 0 Å². The SMILES string of the molecule is CCN(CC)S(=O)(=O)Nc1cccc(S(N)(=O)=O)c1. The van der Waals surface area contributed by atoms with Gasteiger partial charge < -0.3 is 0 Å². The fourth-order valence-corrected chi connectivity index (χ4v) is 3.31. The Morgan fingerprint density at radius 1 is 1.16 bits per heavy atom. The minimum Gasteiger partial charge on any atom is -0.271 e. The molecular weight excluding hydrogens is 290 g/mol. The van der Waals surface area contributed by atoms with E-state index in [0.717, 1.165) is 0 Å². The minimum atomic E-state index is -3.86. The largest absolute Gasteiger partial charge is 0.301 e. The summed E-state index contributed by atoms with van der Waals surface area (Å²) in [6, 6.07) is 5.34. The molecule has 0 unspecified atom stereocenters. The second-order valence-corrected chi connectivity index (χ2v) is 7.00. The van der Waals surface area contributed by atoms with Crippen molar-refractivity contribution in [1.82, 2.24) is 4.31 Å². The van der Waals surface area contributed by atoms with E-state index in [1.165, 1.54) is 28.6 Å². The van der Waals surface area contributed by atoms with Crippen molar-refractivity contribution in [3.8, 4) is 0 Å². The second-order valence-electron chi connectivity index (χ2n) is 3.76. The Labute approximate surface area is 113 Å². The number of benzene rings is 1. The van der Waals surface area contributed by atoms with Gasteiger partial charge in [-0.3, -0.25) is 4.72 Å². The number of sulfonamides is 1. The number of primary sulfonamides is 1. The molecule has 0 aliphatic rings. The molecule has 1 aromatic carbocycles. The van der Waals surface area contributed by atoms with Gasteiger partial charge in [-0.15, -0.1) is 0 Å². The van der Waals surface area contributed by atoms with Crippen LogP contribution in [-0.4, -0.2) is 34.2 Å². The van der Waals surface area contributed by atoms with Crippen molar-refractivity contribution in [1.29, 1.82) is 0 Å². The van der Waals surface area contributed by atoms with Gasteiger partial charge in [0, 0.05) is 13.1 Å². The molecule has 0 radical (unpaired) electrons. The van der Waals surface area contributed by atoms with E-state index in [9.17, 15) is 16.8 Å². The number of nitrogens with one attached hydrogen (secondary N) is 1. The molecule has 0 aliphatic heterocycles. The summed E-state index contributed by atoms with van der Waals surface area (Å²) in [4.78, 5) is -0.146. The Morgan fingerprint density at radius 3 is 2.21 bits per heavy atom. The van der Waals surface area contributed by atoms with Crippen LogP contribution < -0.4 is 9.86 Å². The van der Waals surface area contributed by atoms with Gasteiger partial charge in [-0.05, 0) is 18.2 Å². The molecule has 0 bridgehead atoms. The lowest BCUT2D eigenvalue weighted by Crippen LogP contribution is -2.35. The van der Waals surface area contributed by atoms with Crippen molar-refractivity contribution in [2.24, 2.45) is 5.14 Å². The Morgan fingerprint density at radius 2 is 1.74 bits per heavy atom. The molecule has 19 heavy (non-hydrogen) atoms. The highest BCUT2D eigenvalue weighted by molar-refractivity contribution is 7.90. The van der Waals surface area contributed by atoms with Crippen molar-refractivity contribution in [2.75, 3.05) is 17.8 Å². The molecule has 0 fully saturated rings. The molecule has 1 aromatic rings. The molecule has 9 heteroatoms. The molecular formula is C10H17N3O4S2. The molecule has 1 rings (SSSR count). The summed E-state index contributed by atoms with van der Waals surface area (Å²) < 4.78 is 49.8. The second kappa shape index (κ2) is 5.87. The molecule has 0 spiro atoms. The van der Waals surface area contributed by atoms with Crippen LogP contribution in [0, 0.1) is 0 Å². The molecule has 0 heterocycles. The molecule has 0 aliphatic carbocycles. The van der Waals surface area contributed by atoms with E-state index >= 15 is 0 Å². The van der Waals surface area contributed by atoms with Gasteiger partial charge in [0.25, 0.3) is 0 Å². The zero-order valence-corrected chi connectivity index (χ0v) is 12.3. The summed E-state index contributed by atoms with van der Waals surface area (Å²) in [6.45, 7) is 4.06. The summed E-state index contributed by atoms with van der Waals surface area (Å²) in [5, 5.41) is 4.99. The summed E-state index contributed by atoms with van der Waals surface area (Å²) >= 11 is 0. The molecule has 0 aromatic heterocycles. The first kappa shape index (κ1) is 15.9. The maximum atomic E-state index is 12.0. The van der Waals surface area contributed by atoms with E-state index in [-0.39, 0.29) is 10.6 Å². The van der Waals surface area contributed by atoms with Crippen molar-refractivity contribution in [2.45, 2.75) is 18.7 Å². The third-order valence-corrected chi connectivity index (χ3v) is 5.06. The number of nitrogens with two attached hydrogens (primary N) is 1. The van der Waals surface area contributed by atoms with Gasteiger partial charge in [-0.25, -0.2) is 13.6 Å². The average molecular weight is 307 g/mol. The summed E-state index contributed by atoms with van der Waals surface area (Å²) in [7, 11) is -7.55. The Kier molecular flexibility index (Phi) is 4.91. The molecule has 0 saturated heterocycles. The van der Waals surface area contributed by atoms with Crippen LogP contribution in [0.5, 0.6) is 0 Å². The van der Waals surface area contributed by atoms with E-state index < -0.39 is 20.2 Å². The smallest absolute Gasteiger partial charge is 0.271 e. The topological polar surface area (TPSA) is 110 Å². The molecule has 0 saturated carbocycles. The van der Waals surface area contributed by atoms with Gasteiger partial charge in [0.2, 0.25) is 10.0 Å². The van der Waals surface area contributed by atoms with Crippen LogP contribution in [0.15, 0.2) is 29.2 Å². The maximum absolute atomic E-state index is 12.0. The fourth-order valence-electron chi connectivity index (χ4n) is 1.51. The lowest BCUT2D eigenvalue weighted by atomic mass is 10.3. The van der Waals surface area contributed by atoms with Crippen LogP contribution in [0.25, 0.3) is 0 Å². The van der Waals surface area contributed by atoms with Crippen LogP contribution >= 0.6 is 0 Å². The van der Waals surface area contributed by atoms with Crippen LogP contribution in [0.3, 0.4) is 0 Å². The first-order valence-electron chi connectivity index (χ1n) is 5.61. The predicted octanol–water partition coefficient (Wildman–Crippen LogP) is 0.333. The quantitative estimate of drug-likeness (QED) is 0.789. The van der Waals surface area contributed by atoms with E-state index in [1.54, 1.807) is 13.8 Å². The van der Waals surface area contributed by atoms with Crippen LogP contribution in [-0.2, 0) is 20.2 Å². The van der Waals surface area contributed by atoms with Crippen molar-refractivity contribution in [3.05, 3.63) is 24.3 Å². The van der Waals surface area contributed by atoms with Gasteiger partial charge in [-0.1, -0.05) is 19.9 Å². The van der Waals surface area contributed by atoms with E-state index in [1.807, 2.05) is 0 Å². The predicted molar refractivity (Wildman–Crippen MR) is 73.3 cm³/mol. The third-order valence-electron chi connectivity index (χ3n) is 2.45. The number of anilines is 1. The summed E-state index contributed by atoms with van der Waals surface area (Å²) in [5.74, 6) is 0. The minimum absolute atomic E-state index is 0.146. The molecule has 108 valence electrons. The monoisotopic (exact) mass is 307 g/mol. The van der Waals surface area contributed by atoms with E-state index in [2.05, 4.69) is 4.72 Å². The molecule has 0 atom stereocenters. The number of rotatable bonds is 6. The highest BCUT2D eigenvalue weighted by Gasteiger charge is 2.19. The Hall–Kier alpha value is -1.16. The first-order chi connectivity index (χ1) is 8.70. The van der Waals surface area contributed by atoms with Gasteiger partial charge >= 0.3 is 10.2 Å². The molecule has 3 N–H and O–H groups in total. The zero-order valence-electron chi connectivity index (χ0n) is 10.7. The highest BCUT2D eigenvalue weighted by Crippen LogP contribution is 2.16. The summed E-state index contributed by atoms with van der Waals surface area (Å²) in [5.41, 5.74) is 0.151. The highest BCUT2D eigenvalue weighted by atomic mass is 32.2. The average Bonchev–Trinajstić information content (AvgIpc) is 2.28. The van der Waals surface area contributed by atoms with Gasteiger partial charge in [-0.2, -0.15) is 12.7 Å². The number of nitrogens with zero attached hydrogens (tertiary/aromatic N) is 1. The maximum Gasteiger partial charge on any atom is 0.301 e. The fraction of sp³-hybridized carbons (Fsp3) is 0.400. The molecule has 0 amide bonds. The zero-order chi connectivity index (χ0) is 14.7. The van der Waals surface area contributed by atoms with Crippen LogP contribution in [0.4, 0.5) is 5.69 Å². The van der Waals surface area contributed by atoms with E-state index in [4.69, 9.17) is 5.14 Å². The van der Waals surface area contributed by atoms with Crippen LogP contribution in [0.1, 0.15) is 13.8 Å². The lowest BCUT2D eigenvalue weighted by Gasteiger charge is -2.19. The van der Waals surface area contributed by atoms with Crippen molar-refractivity contribution >= 4 is 25.9 Å². The normalized spacial score (nSPS) is 12.6. The van der Waals surface area contributed by atoms with E-state index in [0.29, 0.717) is 13.1 Å². The Balaban J connectivity index is 3.07. The number of hydrogen-bond acceptors (Lipinski definition) is 4. The lowest BCUT2D eigenvalue weighted by molar-refractivity contribution is 0.449. The first-order valence-corrected chi connectivity index (χ1v) is 8.60. The standard InChI is InChI=1S/C10H17N3O4S2/c1-3-13(4-2)19(16,17)12-9-6-5-7-10(8-9)18(11,14)15/h5-8,12H,3-4H2,1-2H3,(H2,11,14,15). The van der Waals surface area contributed by atoms with Gasteiger partial charge in [0.05, 0.1) is 10.6 Å². The van der Waals surface area contributed by atoms with Gasteiger partial charge in [0.1, 0.15) is 0 Å². The van der Waals surface area contributed by atoms with Crippen molar-refractivity contribution < 1.29 is 16.8 Å². The van der Waals surface area contributed by atoms with Gasteiger partial charge in [0.15, 0.2) is 0 Å². The van der Waals surface area contributed by atoms with Crippen molar-refractivity contribution in [3.63, 3.8) is 0 Å². The summed E-state index contributed by atoms with van der Waals surface area (Å²) in [6.07, 6.45) is 0. The third kappa shape index (κ3) is 4.16. The Bertz CT molecular complexity index is 636.